The lowest BCUT2D eigenvalue weighted by atomic mass is 9.84. The Bertz CT molecular complexity index is 326. The zero-order valence-corrected chi connectivity index (χ0v) is 8.98. The quantitative estimate of drug-likeness (QED) is 0.799. The maximum Gasteiger partial charge on any atom is 0.259 e. The number of carbonyl (C=O) groups excluding carboxylic acids is 1. The summed E-state index contributed by atoms with van der Waals surface area (Å²) in [5.74, 6) is 0.318. The third-order valence-electron chi connectivity index (χ3n) is 2.96. The second-order valence-corrected chi connectivity index (χ2v) is 4.82. The maximum absolute atomic E-state index is 11.2. The van der Waals surface area contributed by atoms with Crippen LogP contribution in [0.25, 0.3) is 0 Å². The van der Waals surface area contributed by atoms with Crippen LogP contribution in [-0.2, 0) is 0 Å². The van der Waals surface area contributed by atoms with Crippen LogP contribution in [0.5, 0.6) is 0 Å². The van der Waals surface area contributed by atoms with E-state index in [4.69, 9.17) is 5.73 Å². The smallest absolute Gasteiger partial charge is 0.259 e. The van der Waals surface area contributed by atoms with Crippen LogP contribution in [0.2, 0.25) is 0 Å². The molecule has 1 saturated carbocycles. The minimum absolute atomic E-state index is 0.263. The summed E-state index contributed by atoms with van der Waals surface area (Å²) < 4.78 is 0. The summed E-state index contributed by atoms with van der Waals surface area (Å²) >= 11 is 1.48. The second kappa shape index (κ2) is 4.13. The van der Waals surface area contributed by atoms with Crippen LogP contribution in [-0.4, -0.2) is 5.91 Å². The molecule has 0 radical (unpaired) electrons. The van der Waals surface area contributed by atoms with Gasteiger partial charge in [-0.15, -0.1) is 11.3 Å². The van der Waals surface area contributed by atoms with E-state index in [1.807, 2.05) is 5.38 Å². The predicted molar refractivity (Wildman–Crippen MR) is 58.7 cm³/mol. The molecular formula is C11H15NOS. The predicted octanol–water partition coefficient (Wildman–Crippen LogP) is 2.89. The second-order valence-electron chi connectivity index (χ2n) is 3.90. The summed E-state index contributed by atoms with van der Waals surface area (Å²) in [6.07, 6.45) is 6.36. The van der Waals surface area contributed by atoms with E-state index in [-0.39, 0.29) is 5.91 Å². The van der Waals surface area contributed by atoms with Gasteiger partial charge in [0.25, 0.3) is 5.91 Å². The van der Waals surface area contributed by atoms with Gasteiger partial charge in [-0.25, -0.2) is 0 Å². The Morgan fingerprint density at radius 3 is 2.71 bits per heavy atom. The Kier molecular flexibility index (Phi) is 2.87. The van der Waals surface area contributed by atoms with Gasteiger partial charge in [0.2, 0.25) is 0 Å². The van der Waals surface area contributed by atoms with Crippen LogP contribution in [0, 0.1) is 0 Å². The first-order valence-electron chi connectivity index (χ1n) is 5.16. The molecule has 1 heterocycles. The van der Waals surface area contributed by atoms with Crippen molar-refractivity contribution in [2.45, 2.75) is 38.0 Å². The van der Waals surface area contributed by atoms with Crippen molar-refractivity contribution in [3.8, 4) is 0 Å². The molecule has 0 saturated heterocycles. The molecule has 1 aromatic heterocycles. The first-order valence-corrected chi connectivity index (χ1v) is 6.04. The zero-order valence-electron chi connectivity index (χ0n) is 8.16. The molecule has 1 aliphatic rings. The molecule has 0 spiro atoms. The standard InChI is InChI=1S/C11H15NOS/c12-11(13)10-9(6-7-14-10)8-4-2-1-3-5-8/h6-8H,1-5H2,(H2,12,13). The molecular weight excluding hydrogens is 194 g/mol. The zero-order chi connectivity index (χ0) is 9.97. The molecule has 0 bridgehead atoms. The highest BCUT2D eigenvalue weighted by atomic mass is 32.1. The van der Waals surface area contributed by atoms with Gasteiger partial charge in [0, 0.05) is 0 Å². The summed E-state index contributed by atoms with van der Waals surface area (Å²) in [6.45, 7) is 0. The van der Waals surface area contributed by atoms with Crippen molar-refractivity contribution in [1.82, 2.24) is 0 Å². The number of hydrogen-bond acceptors (Lipinski definition) is 2. The largest absolute Gasteiger partial charge is 0.365 e. The van der Waals surface area contributed by atoms with Crippen LogP contribution in [0.4, 0.5) is 0 Å². The average Bonchev–Trinajstić information content (AvgIpc) is 2.67. The molecule has 1 aliphatic carbocycles. The minimum atomic E-state index is -0.263. The maximum atomic E-state index is 11.2. The number of carbonyl (C=O) groups is 1. The van der Waals surface area contributed by atoms with Crippen LogP contribution in [0.15, 0.2) is 11.4 Å². The van der Waals surface area contributed by atoms with Crippen LogP contribution >= 0.6 is 11.3 Å². The molecule has 1 fully saturated rings. The molecule has 1 amide bonds. The van der Waals surface area contributed by atoms with E-state index in [0.29, 0.717) is 5.92 Å². The summed E-state index contributed by atoms with van der Waals surface area (Å²) in [5.41, 5.74) is 6.53. The Labute approximate surface area is 88.1 Å². The van der Waals surface area contributed by atoms with Crippen molar-refractivity contribution in [3.05, 3.63) is 21.9 Å². The number of thiophene rings is 1. The number of hydrogen-bond donors (Lipinski definition) is 1. The van der Waals surface area contributed by atoms with Gasteiger partial charge >= 0.3 is 0 Å². The van der Waals surface area contributed by atoms with Gasteiger partial charge < -0.3 is 5.73 Å². The van der Waals surface area contributed by atoms with Crippen molar-refractivity contribution in [3.63, 3.8) is 0 Å². The van der Waals surface area contributed by atoms with Gasteiger partial charge in [-0.3, -0.25) is 4.79 Å². The third-order valence-corrected chi connectivity index (χ3v) is 3.91. The Morgan fingerprint density at radius 2 is 2.07 bits per heavy atom. The molecule has 76 valence electrons. The topological polar surface area (TPSA) is 43.1 Å². The van der Waals surface area contributed by atoms with Gasteiger partial charge in [-0.1, -0.05) is 19.3 Å². The fourth-order valence-electron chi connectivity index (χ4n) is 2.25. The highest BCUT2D eigenvalue weighted by Crippen LogP contribution is 2.36. The van der Waals surface area contributed by atoms with E-state index < -0.39 is 0 Å². The highest BCUT2D eigenvalue weighted by molar-refractivity contribution is 7.12. The summed E-state index contributed by atoms with van der Waals surface area (Å²) in [4.78, 5) is 11.9. The first kappa shape index (κ1) is 9.71. The van der Waals surface area contributed by atoms with E-state index >= 15 is 0 Å². The van der Waals surface area contributed by atoms with Crippen molar-refractivity contribution < 1.29 is 4.79 Å². The van der Waals surface area contributed by atoms with Gasteiger partial charge in [0.1, 0.15) is 0 Å². The molecule has 0 atom stereocenters. The number of primary amides is 1. The molecule has 0 aromatic carbocycles. The summed E-state index contributed by atoms with van der Waals surface area (Å²) in [7, 11) is 0. The molecule has 14 heavy (non-hydrogen) atoms. The molecule has 2 nitrogen and oxygen atoms in total. The number of amides is 1. The van der Waals surface area contributed by atoms with Crippen molar-refractivity contribution >= 4 is 17.2 Å². The van der Waals surface area contributed by atoms with E-state index in [2.05, 4.69) is 6.07 Å². The van der Waals surface area contributed by atoms with E-state index in [1.54, 1.807) is 0 Å². The Morgan fingerprint density at radius 1 is 1.36 bits per heavy atom. The Balaban J connectivity index is 2.21. The normalized spacial score (nSPS) is 18.3. The number of rotatable bonds is 2. The molecule has 1 aromatic rings. The van der Waals surface area contributed by atoms with Gasteiger partial charge in [-0.2, -0.15) is 0 Å². The van der Waals surface area contributed by atoms with E-state index in [1.165, 1.54) is 49.0 Å². The van der Waals surface area contributed by atoms with Crippen LogP contribution in [0.3, 0.4) is 0 Å². The monoisotopic (exact) mass is 209 g/mol. The molecule has 2 rings (SSSR count). The van der Waals surface area contributed by atoms with Crippen LogP contribution < -0.4 is 5.73 Å². The molecule has 0 unspecified atom stereocenters. The van der Waals surface area contributed by atoms with Crippen molar-refractivity contribution in [1.29, 1.82) is 0 Å². The van der Waals surface area contributed by atoms with Gasteiger partial charge in [0.15, 0.2) is 0 Å². The summed E-state index contributed by atoms with van der Waals surface area (Å²) in [5, 5.41) is 1.98. The SMILES string of the molecule is NC(=O)c1sccc1C1CCCCC1. The highest BCUT2D eigenvalue weighted by Gasteiger charge is 2.21. The Hall–Kier alpha value is -0.830. The molecule has 3 heteroatoms. The average molecular weight is 209 g/mol. The molecule has 2 N–H and O–H groups in total. The van der Waals surface area contributed by atoms with Gasteiger partial charge in [-0.05, 0) is 35.8 Å². The first-order chi connectivity index (χ1) is 6.79. The lowest BCUT2D eigenvalue weighted by molar-refractivity contribution is 0.100. The van der Waals surface area contributed by atoms with E-state index in [9.17, 15) is 4.79 Å². The fraction of sp³-hybridized carbons (Fsp3) is 0.545. The summed E-state index contributed by atoms with van der Waals surface area (Å²) in [6, 6.07) is 2.07. The number of nitrogens with two attached hydrogens (primary N) is 1. The van der Waals surface area contributed by atoms with E-state index in [0.717, 1.165) is 4.88 Å². The fourth-order valence-corrected chi connectivity index (χ4v) is 3.09. The van der Waals surface area contributed by atoms with Crippen molar-refractivity contribution in [2.24, 2.45) is 5.73 Å². The van der Waals surface area contributed by atoms with Crippen molar-refractivity contribution in [2.75, 3.05) is 0 Å². The minimum Gasteiger partial charge on any atom is -0.365 e. The lowest BCUT2D eigenvalue weighted by Crippen LogP contribution is -2.14. The van der Waals surface area contributed by atoms with Gasteiger partial charge in [0.05, 0.1) is 4.88 Å². The van der Waals surface area contributed by atoms with Crippen LogP contribution in [0.1, 0.15) is 53.3 Å². The molecule has 0 aliphatic heterocycles. The third kappa shape index (κ3) is 1.82. The lowest BCUT2D eigenvalue weighted by Gasteiger charge is -2.21.